The molecule has 0 fully saturated rings. The fourth-order valence-corrected chi connectivity index (χ4v) is 3.30. The van der Waals surface area contributed by atoms with Crippen LogP contribution in [0.1, 0.15) is 51.2 Å². The minimum Gasteiger partial charge on any atom is -0.422 e. The van der Waals surface area contributed by atoms with Crippen LogP contribution in [0.2, 0.25) is 0 Å². The topological polar surface area (TPSA) is 26.3 Å². The molecule has 0 radical (unpaired) electrons. The molecule has 1 aliphatic carbocycles. The third-order valence-electron chi connectivity index (χ3n) is 4.85. The van der Waals surface area contributed by atoms with Crippen molar-refractivity contribution in [1.82, 2.24) is 0 Å². The van der Waals surface area contributed by atoms with Gasteiger partial charge in [-0.25, -0.2) is 4.79 Å². The van der Waals surface area contributed by atoms with Crippen molar-refractivity contribution in [2.75, 3.05) is 0 Å². The van der Waals surface area contributed by atoms with E-state index in [9.17, 15) is 4.79 Å². The smallest absolute Gasteiger partial charge is 0.344 e. The maximum Gasteiger partial charge on any atom is 0.344 e. The summed E-state index contributed by atoms with van der Waals surface area (Å²) in [7, 11) is 0. The van der Waals surface area contributed by atoms with Crippen LogP contribution in [0.4, 0.5) is 0 Å². The molecule has 1 aliphatic heterocycles. The second kappa shape index (κ2) is 5.42. The largest absolute Gasteiger partial charge is 0.422 e. The Balaban J connectivity index is 1.87. The first-order chi connectivity index (χ1) is 10.3. The number of esters is 1. The number of benzene rings is 1. The van der Waals surface area contributed by atoms with E-state index in [-0.39, 0.29) is 5.97 Å². The van der Waals surface area contributed by atoms with Crippen LogP contribution in [0.3, 0.4) is 0 Å². The van der Waals surface area contributed by atoms with E-state index in [1.54, 1.807) is 0 Å². The fourth-order valence-electron chi connectivity index (χ4n) is 3.30. The minimum absolute atomic E-state index is 0.223. The van der Waals surface area contributed by atoms with Crippen molar-refractivity contribution in [2.24, 2.45) is 11.3 Å². The van der Waals surface area contributed by atoms with E-state index in [0.717, 1.165) is 29.9 Å². The zero-order chi connectivity index (χ0) is 15.9. The maximum absolute atomic E-state index is 12.1. The van der Waals surface area contributed by atoms with Gasteiger partial charge in [0.15, 0.2) is 0 Å². The van der Waals surface area contributed by atoms with Crippen molar-refractivity contribution in [3.63, 3.8) is 0 Å². The van der Waals surface area contributed by atoms with Gasteiger partial charge in [0.2, 0.25) is 0 Å². The summed E-state index contributed by atoms with van der Waals surface area (Å²) in [5.41, 5.74) is 4.41. The van der Waals surface area contributed by atoms with Crippen LogP contribution in [0.15, 0.2) is 35.9 Å². The van der Waals surface area contributed by atoms with Crippen LogP contribution in [-0.2, 0) is 4.79 Å². The molecule has 2 aliphatic rings. The summed E-state index contributed by atoms with van der Waals surface area (Å²) in [6.45, 7) is 8.96. The SMILES string of the molecule is Cc1ccc2c(c1)/C(=C\C1=CCC(C(C)(C)C)CC1)C(=O)O2. The monoisotopic (exact) mass is 296 g/mol. The lowest BCUT2D eigenvalue weighted by Crippen LogP contribution is -2.22. The van der Waals surface area contributed by atoms with E-state index in [2.05, 4.69) is 26.8 Å². The van der Waals surface area contributed by atoms with E-state index >= 15 is 0 Å². The lowest BCUT2D eigenvalue weighted by atomic mass is 9.73. The number of hydrogen-bond acceptors (Lipinski definition) is 2. The summed E-state index contributed by atoms with van der Waals surface area (Å²) in [5, 5.41) is 0. The van der Waals surface area contributed by atoms with Crippen LogP contribution < -0.4 is 4.74 Å². The zero-order valence-corrected chi connectivity index (χ0v) is 13.9. The minimum atomic E-state index is -0.223. The summed E-state index contributed by atoms with van der Waals surface area (Å²) >= 11 is 0. The number of allylic oxidation sites excluding steroid dienone is 3. The van der Waals surface area contributed by atoms with Gasteiger partial charge in [-0.1, -0.05) is 44.1 Å². The van der Waals surface area contributed by atoms with E-state index in [4.69, 9.17) is 4.74 Å². The molecule has 0 saturated carbocycles. The first-order valence-electron chi connectivity index (χ1n) is 8.08. The Kier molecular flexibility index (Phi) is 3.72. The predicted molar refractivity (Wildman–Crippen MR) is 89.7 cm³/mol. The number of fused-ring (bicyclic) bond motifs is 1. The van der Waals surface area contributed by atoms with Crippen LogP contribution >= 0.6 is 0 Å². The number of ether oxygens (including phenoxy) is 1. The summed E-state index contributed by atoms with van der Waals surface area (Å²) in [6.07, 6.45) is 7.66. The first-order valence-corrected chi connectivity index (χ1v) is 8.08. The van der Waals surface area contributed by atoms with Crippen LogP contribution in [0, 0.1) is 18.3 Å². The summed E-state index contributed by atoms with van der Waals surface area (Å²) in [4.78, 5) is 12.1. The van der Waals surface area contributed by atoms with Crippen LogP contribution in [0.25, 0.3) is 5.57 Å². The third kappa shape index (κ3) is 2.87. The highest BCUT2D eigenvalue weighted by molar-refractivity contribution is 6.22. The predicted octanol–water partition coefficient (Wildman–Crippen LogP) is 5.07. The van der Waals surface area contributed by atoms with E-state index in [1.165, 1.54) is 12.0 Å². The quantitative estimate of drug-likeness (QED) is 0.411. The van der Waals surface area contributed by atoms with Gasteiger partial charge in [-0.15, -0.1) is 0 Å². The summed E-state index contributed by atoms with van der Waals surface area (Å²) in [5.74, 6) is 1.19. The van der Waals surface area contributed by atoms with Gasteiger partial charge in [-0.05, 0) is 55.7 Å². The van der Waals surface area contributed by atoms with Crippen molar-refractivity contribution < 1.29 is 9.53 Å². The van der Waals surface area contributed by atoms with E-state index in [0.29, 0.717) is 16.7 Å². The lowest BCUT2D eigenvalue weighted by Gasteiger charge is -2.32. The number of hydrogen-bond donors (Lipinski definition) is 0. The Bertz CT molecular complexity index is 671. The average Bonchev–Trinajstić information content (AvgIpc) is 2.75. The molecule has 0 amide bonds. The van der Waals surface area contributed by atoms with Gasteiger partial charge >= 0.3 is 5.97 Å². The van der Waals surface area contributed by atoms with E-state index < -0.39 is 0 Å². The molecule has 116 valence electrons. The number of carbonyl (C=O) groups is 1. The molecule has 0 spiro atoms. The lowest BCUT2D eigenvalue weighted by molar-refractivity contribution is -0.126. The molecule has 2 heteroatoms. The molecular formula is C20H24O2. The molecule has 1 heterocycles. The molecule has 1 aromatic carbocycles. The first kappa shape index (κ1) is 15.1. The number of aryl methyl sites for hydroxylation is 1. The Morgan fingerprint density at radius 3 is 2.68 bits per heavy atom. The molecule has 0 N–H and O–H groups in total. The Hall–Kier alpha value is -1.83. The highest BCUT2D eigenvalue weighted by atomic mass is 16.5. The van der Waals surface area contributed by atoms with Gasteiger partial charge < -0.3 is 4.74 Å². The van der Waals surface area contributed by atoms with Gasteiger partial charge in [0.05, 0.1) is 5.57 Å². The molecule has 2 nitrogen and oxygen atoms in total. The van der Waals surface area contributed by atoms with Crippen LogP contribution in [0.5, 0.6) is 5.75 Å². The zero-order valence-electron chi connectivity index (χ0n) is 13.9. The van der Waals surface area contributed by atoms with Crippen molar-refractivity contribution in [3.8, 4) is 5.75 Å². The van der Waals surface area contributed by atoms with E-state index in [1.807, 2.05) is 31.2 Å². The van der Waals surface area contributed by atoms with Crippen molar-refractivity contribution >= 4 is 11.5 Å². The standard InChI is InChI=1S/C20H24O2/c1-13-5-10-18-16(11-13)17(19(21)22-18)12-14-6-8-15(9-7-14)20(2,3)4/h5-6,10-12,15H,7-9H2,1-4H3/b17-12+. The highest BCUT2D eigenvalue weighted by Crippen LogP contribution is 2.40. The van der Waals surface area contributed by atoms with Gasteiger partial charge in [0, 0.05) is 5.56 Å². The molecule has 0 aromatic heterocycles. The third-order valence-corrected chi connectivity index (χ3v) is 4.85. The molecule has 0 bridgehead atoms. The van der Waals surface area contributed by atoms with Gasteiger partial charge in [0.1, 0.15) is 5.75 Å². The van der Waals surface area contributed by atoms with Crippen molar-refractivity contribution in [3.05, 3.63) is 47.1 Å². The maximum atomic E-state index is 12.1. The second-order valence-electron chi connectivity index (χ2n) is 7.56. The fraction of sp³-hybridized carbons (Fsp3) is 0.450. The van der Waals surface area contributed by atoms with Crippen LogP contribution in [-0.4, -0.2) is 5.97 Å². The van der Waals surface area contributed by atoms with Gasteiger partial charge in [-0.2, -0.15) is 0 Å². The molecule has 1 atom stereocenters. The Labute approximate surface area is 132 Å². The average molecular weight is 296 g/mol. The highest BCUT2D eigenvalue weighted by Gasteiger charge is 2.29. The molecular weight excluding hydrogens is 272 g/mol. The summed E-state index contributed by atoms with van der Waals surface area (Å²) in [6, 6.07) is 5.89. The van der Waals surface area contributed by atoms with Crippen molar-refractivity contribution in [2.45, 2.75) is 47.0 Å². The molecule has 0 saturated heterocycles. The number of carbonyl (C=O) groups excluding carboxylic acids is 1. The molecule has 22 heavy (non-hydrogen) atoms. The van der Waals surface area contributed by atoms with Gasteiger partial charge in [0.25, 0.3) is 0 Å². The van der Waals surface area contributed by atoms with Gasteiger partial charge in [-0.3, -0.25) is 0 Å². The molecule has 3 rings (SSSR count). The molecule has 1 aromatic rings. The molecule has 1 unspecified atom stereocenters. The Morgan fingerprint density at radius 2 is 2.05 bits per heavy atom. The summed E-state index contributed by atoms with van der Waals surface area (Å²) < 4.78 is 5.36. The Morgan fingerprint density at radius 1 is 1.27 bits per heavy atom. The second-order valence-corrected chi connectivity index (χ2v) is 7.56. The van der Waals surface area contributed by atoms with Crippen molar-refractivity contribution in [1.29, 1.82) is 0 Å². The normalized spacial score (nSPS) is 23.3. The number of rotatable bonds is 1.